The van der Waals surface area contributed by atoms with Gasteiger partial charge in [0.25, 0.3) is 0 Å². The summed E-state index contributed by atoms with van der Waals surface area (Å²) in [5.41, 5.74) is 5.34. The second-order valence-corrected chi connectivity index (χ2v) is 2.06. The Kier molecular flexibility index (Phi) is 1.53. The molecule has 0 saturated carbocycles. The van der Waals surface area contributed by atoms with Gasteiger partial charge in [-0.3, -0.25) is 0 Å². The molecular weight excluding hydrogens is 138 g/mol. The van der Waals surface area contributed by atoms with Crippen LogP contribution in [0.4, 0.5) is 5.82 Å². The fourth-order valence-electron chi connectivity index (χ4n) is 0.473. The van der Waals surface area contributed by atoms with Gasteiger partial charge in [0.05, 0.1) is 6.20 Å². The predicted octanol–water partition coefficient (Wildman–Crippen LogP) is 1.02. The molecule has 1 rings (SSSR count). The number of hydrogen-bond acceptors (Lipinski definition) is 3. The average molecular weight is 144 g/mol. The SMILES string of the molecule is Cc1ncc(Cl)c(N)n1. The fourth-order valence-corrected chi connectivity index (χ4v) is 0.564. The Labute approximate surface area is 57.9 Å². The zero-order valence-corrected chi connectivity index (χ0v) is 5.68. The molecule has 0 radical (unpaired) electrons. The predicted molar refractivity (Wildman–Crippen MR) is 36.2 cm³/mol. The molecule has 3 nitrogen and oxygen atoms in total. The van der Waals surface area contributed by atoms with Gasteiger partial charge in [-0.2, -0.15) is 0 Å². The number of rotatable bonds is 0. The van der Waals surface area contributed by atoms with Crippen LogP contribution in [-0.4, -0.2) is 9.97 Å². The Morgan fingerprint density at radius 1 is 1.67 bits per heavy atom. The Hall–Kier alpha value is -0.830. The van der Waals surface area contributed by atoms with Crippen LogP contribution in [0.25, 0.3) is 0 Å². The quantitative estimate of drug-likeness (QED) is 0.590. The highest BCUT2D eigenvalue weighted by atomic mass is 35.5. The van der Waals surface area contributed by atoms with E-state index in [0.29, 0.717) is 16.7 Å². The topological polar surface area (TPSA) is 51.8 Å². The number of nitrogens with two attached hydrogens (primary N) is 1. The van der Waals surface area contributed by atoms with E-state index in [1.807, 2.05) is 0 Å². The minimum atomic E-state index is 0.337. The number of aromatic nitrogens is 2. The third kappa shape index (κ3) is 1.29. The van der Waals surface area contributed by atoms with Crippen molar-refractivity contribution in [1.29, 1.82) is 0 Å². The van der Waals surface area contributed by atoms with Crippen molar-refractivity contribution in [3.63, 3.8) is 0 Å². The van der Waals surface area contributed by atoms with Crippen LogP contribution in [-0.2, 0) is 0 Å². The lowest BCUT2D eigenvalue weighted by molar-refractivity contribution is 1.06. The number of aryl methyl sites for hydroxylation is 1. The van der Waals surface area contributed by atoms with Gasteiger partial charge in [0.1, 0.15) is 16.7 Å². The first-order valence-corrected chi connectivity index (χ1v) is 2.82. The maximum absolute atomic E-state index is 5.53. The van der Waals surface area contributed by atoms with Crippen molar-refractivity contribution in [3.05, 3.63) is 17.0 Å². The largest absolute Gasteiger partial charge is 0.382 e. The molecule has 1 heterocycles. The standard InChI is InChI=1S/C5H6ClN3/c1-3-8-2-4(6)5(7)9-3/h2H,1H3,(H2,7,8,9). The summed E-state index contributed by atoms with van der Waals surface area (Å²) in [6.07, 6.45) is 1.49. The molecule has 48 valence electrons. The van der Waals surface area contributed by atoms with Crippen molar-refractivity contribution in [2.45, 2.75) is 6.92 Å². The molecule has 4 heteroatoms. The number of nitrogens with zero attached hydrogens (tertiary/aromatic N) is 2. The molecule has 0 atom stereocenters. The Balaban J connectivity index is 3.17. The van der Waals surface area contributed by atoms with Gasteiger partial charge in [-0.1, -0.05) is 11.6 Å². The van der Waals surface area contributed by atoms with E-state index in [1.165, 1.54) is 6.20 Å². The van der Waals surface area contributed by atoms with Crippen LogP contribution < -0.4 is 5.73 Å². The first-order valence-electron chi connectivity index (χ1n) is 2.45. The van der Waals surface area contributed by atoms with Crippen molar-refractivity contribution in [2.75, 3.05) is 5.73 Å². The summed E-state index contributed by atoms with van der Waals surface area (Å²) in [5, 5.41) is 0.403. The van der Waals surface area contributed by atoms with Crippen LogP contribution in [0.15, 0.2) is 6.20 Å². The Morgan fingerprint density at radius 3 is 2.78 bits per heavy atom. The highest BCUT2D eigenvalue weighted by molar-refractivity contribution is 6.32. The number of halogens is 1. The van der Waals surface area contributed by atoms with Crippen molar-refractivity contribution in [3.8, 4) is 0 Å². The van der Waals surface area contributed by atoms with Gasteiger partial charge >= 0.3 is 0 Å². The van der Waals surface area contributed by atoms with Crippen molar-refractivity contribution in [1.82, 2.24) is 9.97 Å². The summed E-state index contributed by atoms with van der Waals surface area (Å²) in [6, 6.07) is 0. The number of nitrogen functional groups attached to an aromatic ring is 1. The third-order valence-electron chi connectivity index (χ3n) is 0.892. The van der Waals surface area contributed by atoms with E-state index in [1.54, 1.807) is 6.92 Å². The van der Waals surface area contributed by atoms with Crippen LogP contribution in [0.2, 0.25) is 5.02 Å². The van der Waals surface area contributed by atoms with Gasteiger partial charge in [-0.05, 0) is 6.92 Å². The molecular formula is C5H6ClN3. The molecule has 0 saturated heterocycles. The van der Waals surface area contributed by atoms with Gasteiger partial charge in [0.15, 0.2) is 0 Å². The summed E-state index contributed by atoms with van der Waals surface area (Å²) >= 11 is 5.53. The molecule has 0 spiro atoms. The minimum Gasteiger partial charge on any atom is -0.382 e. The summed E-state index contributed by atoms with van der Waals surface area (Å²) in [6.45, 7) is 1.76. The van der Waals surface area contributed by atoms with Crippen LogP contribution >= 0.6 is 11.6 Å². The van der Waals surface area contributed by atoms with E-state index in [9.17, 15) is 0 Å². The van der Waals surface area contributed by atoms with Gasteiger partial charge in [-0.15, -0.1) is 0 Å². The zero-order chi connectivity index (χ0) is 6.85. The Bertz CT molecular complexity index is 223. The highest BCUT2D eigenvalue weighted by Crippen LogP contribution is 2.12. The molecule has 1 aromatic rings. The van der Waals surface area contributed by atoms with Crippen molar-refractivity contribution < 1.29 is 0 Å². The van der Waals surface area contributed by atoms with E-state index >= 15 is 0 Å². The van der Waals surface area contributed by atoms with E-state index in [4.69, 9.17) is 17.3 Å². The van der Waals surface area contributed by atoms with Crippen LogP contribution in [0, 0.1) is 6.92 Å². The lowest BCUT2D eigenvalue weighted by Gasteiger charge is -1.94. The normalized spacial score (nSPS) is 9.56. The molecule has 0 unspecified atom stereocenters. The van der Waals surface area contributed by atoms with Crippen LogP contribution in [0.3, 0.4) is 0 Å². The summed E-state index contributed by atoms with van der Waals surface area (Å²) in [5.74, 6) is 0.973. The number of anilines is 1. The first kappa shape index (κ1) is 6.29. The lowest BCUT2D eigenvalue weighted by Crippen LogP contribution is -1.94. The van der Waals surface area contributed by atoms with Gasteiger partial charge < -0.3 is 5.73 Å². The molecule has 0 bridgehead atoms. The molecule has 0 fully saturated rings. The fraction of sp³-hybridized carbons (Fsp3) is 0.200. The minimum absolute atomic E-state index is 0.337. The zero-order valence-electron chi connectivity index (χ0n) is 4.93. The maximum atomic E-state index is 5.53. The molecule has 2 N–H and O–H groups in total. The first-order chi connectivity index (χ1) is 4.20. The molecule has 0 amide bonds. The number of hydrogen-bond donors (Lipinski definition) is 1. The second-order valence-electron chi connectivity index (χ2n) is 1.65. The van der Waals surface area contributed by atoms with Gasteiger partial charge in [-0.25, -0.2) is 9.97 Å². The highest BCUT2D eigenvalue weighted by Gasteiger charge is 1.95. The molecule has 0 aliphatic heterocycles. The third-order valence-corrected chi connectivity index (χ3v) is 1.18. The summed E-state index contributed by atoms with van der Waals surface area (Å²) < 4.78 is 0. The molecule has 0 aliphatic rings. The van der Waals surface area contributed by atoms with Gasteiger partial charge in [0, 0.05) is 0 Å². The smallest absolute Gasteiger partial charge is 0.145 e. The van der Waals surface area contributed by atoms with E-state index in [0.717, 1.165) is 0 Å². The van der Waals surface area contributed by atoms with E-state index in [-0.39, 0.29) is 0 Å². The van der Waals surface area contributed by atoms with Crippen LogP contribution in [0.5, 0.6) is 0 Å². The molecule has 1 aromatic heterocycles. The van der Waals surface area contributed by atoms with Crippen molar-refractivity contribution in [2.24, 2.45) is 0 Å². The second kappa shape index (κ2) is 2.19. The van der Waals surface area contributed by atoms with E-state index < -0.39 is 0 Å². The van der Waals surface area contributed by atoms with Crippen LogP contribution in [0.1, 0.15) is 5.82 Å². The lowest BCUT2D eigenvalue weighted by atomic mass is 10.5. The maximum Gasteiger partial charge on any atom is 0.145 e. The summed E-state index contributed by atoms with van der Waals surface area (Å²) in [7, 11) is 0. The Morgan fingerprint density at radius 2 is 2.33 bits per heavy atom. The average Bonchev–Trinajstić information content (AvgIpc) is 1.80. The molecule has 9 heavy (non-hydrogen) atoms. The molecule has 0 aliphatic carbocycles. The van der Waals surface area contributed by atoms with E-state index in [2.05, 4.69) is 9.97 Å². The monoisotopic (exact) mass is 143 g/mol. The molecule has 0 aromatic carbocycles. The summed E-state index contributed by atoms with van der Waals surface area (Å²) in [4.78, 5) is 7.62. The van der Waals surface area contributed by atoms with Crippen molar-refractivity contribution >= 4 is 17.4 Å². The van der Waals surface area contributed by atoms with Gasteiger partial charge in [0.2, 0.25) is 0 Å².